The van der Waals surface area contributed by atoms with E-state index in [1.54, 1.807) is 0 Å². The first-order valence-electron chi connectivity index (χ1n) is 5.68. The molecule has 0 fully saturated rings. The molecule has 0 aliphatic rings. The molecule has 0 N–H and O–H groups in total. The van der Waals surface area contributed by atoms with Crippen LogP contribution in [0.4, 0.5) is 0 Å². The van der Waals surface area contributed by atoms with Crippen LogP contribution in [0.1, 0.15) is 11.1 Å². The lowest BCUT2D eigenvalue weighted by molar-refractivity contribution is 0.584. The molecule has 0 aliphatic heterocycles. The van der Waals surface area contributed by atoms with Crippen molar-refractivity contribution in [1.82, 2.24) is 0 Å². The van der Waals surface area contributed by atoms with Crippen LogP contribution in [0.15, 0.2) is 60.7 Å². The summed E-state index contributed by atoms with van der Waals surface area (Å²) in [4.78, 5) is 0. The Hall–Kier alpha value is -0.690. The third-order valence-corrected chi connectivity index (χ3v) is 8.40. The zero-order chi connectivity index (χ0) is 12.8. The summed E-state index contributed by atoms with van der Waals surface area (Å²) in [6.07, 6.45) is -1.38. The van der Waals surface area contributed by atoms with E-state index in [1.165, 1.54) is 0 Å². The zero-order valence-electron chi connectivity index (χ0n) is 9.83. The second kappa shape index (κ2) is 6.47. The fraction of sp³-hybridized carbons (Fsp3) is 0.143. The predicted octanol–water partition coefficient (Wildman–Crippen LogP) is 5.55. The maximum absolute atomic E-state index is 12.8. The fourth-order valence-electron chi connectivity index (χ4n) is 1.83. The summed E-state index contributed by atoms with van der Waals surface area (Å²) < 4.78 is 12.8. The van der Waals surface area contributed by atoms with Gasteiger partial charge in [-0.15, -0.1) is 0 Å². The first kappa shape index (κ1) is 13.7. The molecule has 0 radical (unpaired) electrons. The molecule has 0 heterocycles. The Bertz CT molecular complexity index is 485. The summed E-state index contributed by atoms with van der Waals surface area (Å²) in [6.45, 7) is 0. The summed E-state index contributed by atoms with van der Waals surface area (Å²) in [6, 6.07) is 19.7. The maximum atomic E-state index is 12.8. The van der Waals surface area contributed by atoms with Crippen molar-refractivity contribution in [3.05, 3.63) is 71.8 Å². The minimum Gasteiger partial charge on any atom is -0.310 e. The van der Waals surface area contributed by atoms with E-state index in [-0.39, 0.29) is 0 Å². The van der Waals surface area contributed by atoms with E-state index in [2.05, 4.69) is 0 Å². The van der Waals surface area contributed by atoms with Crippen molar-refractivity contribution in [2.24, 2.45) is 0 Å². The minimum absolute atomic E-state index is 0.539. The molecule has 0 bridgehead atoms. The van der Waals surface area contributed by atoms with Crippen LogP contribution < -0.4 is 0 Å². The molecular weight excluding hydrogens is 283 g/mol. The summed E-state index contributed by atoms with van der Waals surface area (Å²) >= 11 is 0. The van der Waals surface area contributed by atoms with E-state index in [0.717, 1.165) is 21.7 Å². The van der Waals surface area contributed by atoms with Crippen molar-refractivity contribution >= 4 is 27.6 Å². The van der Waals surface area contributed by atoms with Crippen LogP contribution >= 0.6 is 27.6 Å². The molecule has 4 heteroatoms. The van der Waals surface area contributed by atoms with E-state index >= 15 is 0 Å². The molecule has 2 aromatic rings. The van der Waals surface area contributed by atoms with Gasteiger partial charge in [-0.1, -0.05) is 60.7 Å². The number of hydrogen-bond donors (Lipinski definition) is 0. The third kappa shape index (κ3) is 3.91. The molecule has 0 saturated carbocycles. The number of halogens is 1. The Kier molecular flexibility index (Phi) is 4.94. The van der Waals surface area contributed by atoms with Gasteiger partial charge in [-0.2, -0.15) is 0 Å². The molecule has 0 aliphatic carbocycles. The lowest BCUT2D eigenvalue weighted by Gasteiger charge is -2.14. The van der Waals surface area contributed by atoms with Crippen LogP contribution in [0.25, 0.3) is 0 Å². The minimum atomic E-state index is -2.46. The Morgan fingerprint density at radius 3 is 1.56 bits per heavy atom. The van der Waals surface area contributed by atoms with Crippen molar-refractivity contribution in [2.75, 3.05) is 0 Å². The average Bonchev–Trinajstić information content (AvgIpc) is 2.41. The largest absolute Gasteiger partial charge is 0.310 e. The van der Waals surface area contributed by atoms with Gasteiger partial charge in [0.1, 0.15) is 0 Å². The quantitative estimate of drug-likeness (QED) is 0.673. The third-order valence-electron chi connectivity index (χ3n) is 2.66. The topological polar surface area (TPSA) is 17.1 Å². The van der Waals surface area contributed by atoms with E-state index in [0.29, 0.717) is 12.3 Å². The smallest absolute Gasteiger partial charge is 0.162 e. The number of benzene rings is 2. The molecule has 18 heavy (non-hydrogen) atoms. The Morgan fingerprint density at radius 1 is 0.833 bits per heavy atom. The second-order valence-corrected chi connectivity index (χ2v) is 10.2. The highest BCUT2D eigenvalue weighted by Gasteiger charge is 2.23. The Morgan fingerprint density at radius 2 is 1.22 bits per heavy atom. The summed E-state index contributed by atoms with van der Waals surface area (Å²) in [5, 5.41) is 0. The van der Waals surface area contributed by atoms with Gasteiger partial charge >= 0.3 is 0 Å². The molecule has 0 saturated heterocycles. The first-order valence-corrected chi connectivity index (χ1v) is 10.0. The molecule has 2 rings (SSSR count). The second-order valence-electron chi connectivity index (χ2n) is 4.17. The molecule has 2 aromatic carbocycles. The molecule has 0 aromatic heterocycles. The van der Waals surface area contributed by atoms with Gasteiger partial charge in [0.25, 0.3) is 0 Å². The molecule has 0 unspecified atom stereocenters. The molecular formula is C14H14ClOPS. The van der Waals surface area contributed by atoms with E-state index in [4.69, 9.17) is 10.7 Å². The van der Waals surface area contributed by atoms with Gasteiger partial charge in [-0.3, -0.25) is 0 Å². The fourth-order valence-corrected chi connectivity index (χ4v) is 5.64. The highest BCUT2D eigenvalue weighted by molar-refractivity contribution is 8.68. The van der Waals surface area contributed by atoms with Crippen molar-refractivity contribution < 1.29 is 4.57 Å². The Balaban J connectivity index is 2.14. The van der Waals surface area contributed by atoms with Gasteiger partial charge in [-0.25, -0.2) is 0 Å². The average molecular weight is 297 g/mol. The molecule has 0 spiro atoms. The Labute approximate surface area is 116 Å². The summed E-state index contributed by atoms with van der Waals surface area (Å²) in [7, 11) is 6.85. The highest BCUT2D eigenvalue weighted by Crippen LogP contribution is 2.65. The van der Waals surface area contributed by atoms with Crippen molar-refractivity contribution in [2.45, 2.75) is 12.3 Å². The van der Waals surface area contributed by atoms with Crippen molar-refractivity contribution in [3.63, 3.8) is 0 Å². The molecule has 94 valence electrons. The number of hydrogen-bond acceptors (Lipinski definition) is 2. The molecule has 0 atom stereocenters. The SMILES string of the molecule is O=P(Cc1ccccc1)(Cc1ccccc1)SCl. The monoisotopic (exact) mass is 296 g/mol. The van der Waals surface area contributed by atoms with E-state index in [1.807, 2.05) is 60.7 Å². The summed E-state index contributed by atoms with van der Waals surface area (Å²) in [5.41, 5.74) is 2.15. The van der Waals surface area contributed by atoms with Crippen LogP contribution in [0.3, 0.4) is 0 Å². The number of rotatable bonds is 5. The van der Waals surface area contributed by atoms with E-state index < -0.39 is 6.34 Å². The standard InChI is InChI=1S/C14H14ClOPS/c15-18-17(16,11-13-7-3-1-4-8-13)12-14-9-5-2-6-10-14/h1-10H,11-12H2. The lowest BCUT2D eigenvalue weighted by atomic mass is 10.2. The lowest BCUT2D eigenvalue weighted by Crippen LogP contribution is -1.89. The van der Waals surface area contributed by atoms with Crippen LogP contribution in [0, 0.1) is 0 Å². The van der Waals surface area contributed by atoms with Crippen LogP contribution in [0.2, 0.25) is 0 Å². The van der Waals surface area contributed by atoms with Crippen molar-refractivity contribution in [3.8, 4) is 0 Å². The molecule has 1 nitrogen and oxygen atoms in total. The normalized spacial score (nSPS) is 11.4. The van der Waals surface area contributed by atoms with Crippen LogP contribution in [0.5, 0.6) is 0 Å². The highest BCUT2D eigenvalue weighted by atomic mass is 35.7. The first-order chi connectivity index (χ1) is 8.72. The molecule has 0 amide bonds. The zero-order valence-corrected chi connectivity index (χ0v) is 12.3. The van der Waals surface area contributed by atoms with Crippen molar-refractivity contribution in [1.29, 1.82) is 0 Å². The maximum Gasteiger partial charge on any atom is 0.162 e. The van der Waals surface area contributed by atoms with Crippen LogP contribution in [-0.4, -0.2) is 0 Å². The van der Waals surface area contributed by atoms with Gasteiger partial charge in [0.15, 0.2) is 6.34 Å². The van der Waals surface area contributed by atoms with Gasteiger partial charge in [-0.05, 0) is 21.8 Å². The summed E-state index contributed by atoms with van der Waals surface area (Å²) in [5.74, 6) is 0. The van der Waals surface area contributed by atoms with Gasteiger partial charge < -0.3 is 4.57 Å². The van der Waals surface area contributed by atoms with Gasteiger partial charge in [0.2, 0.25) is 0 Å². The van der Waals surface area contributed by atoms with Crippen LogP contribution in [-0.2, 0) is 16.9 Å². The van der Waals surface area contributed by atoms with Gasteiger partial charge in [0.05, 0.1) is 0 Å². The van der Waals surface area contributed by atoms with E-state index in [9.17, 15) is 4.57 Å². The van der Waals surface area contributed by atoms with Gasteiger partial charge in [0, 0.05) is 22.9 Å². The predicted molar refractivity (Wildman–Crippen MR) is 81.3 cm³/mol.